The average molecular weight is 406 g/mol. The van der Waals surface area contributed by atoms with Crippen molar-refractivity contribution in [3.8, 4) is 5.75 Å². The molecule has 9 heteroatoms. The number of pyridine rings is 1. The molecule has 0 aliphatic heterocycles. The lowest BCUT2D eigenvalue weighted by Gasteiger charge is -2.13. The summed E-state index contributed by atoms with van der Waals surface area (Å²) in [6.07, 6.45) is 1.38. The Morgan fingerprint density at radius 1 is 1.31 bits per heavy atom. The predicted molar refractivity (Wildman–Crippen MR) is 103 cm³/mol. The van der Waals surface area contributed by atoms with E-state index in [1.807, 2.05) is 6.07 Å². The van der Waals surface area contributed by atoms with Gasteiger partial charge in [-0.3, -0.25) is 9.78 Å². The third-order valence-corrected chi connectivity index (χ3v) is 3.33. The quantitative estimate of drug-likeness (QED) is 0.704. The first-order chi connectivity index (χ1) is 11.6. The van der Waals surface area contributed by atoms with Gasteiger partial charge in [0.25, 0.3) is 0 Å². The number of hydrogen-bond acceptors (Lipinski definition) is 5. The summed E-state index contributed by atoms with van der Waals surface area (Å²) >= 11 is 0. The fraction of sp³-hybridized carbons (Fsp3) is 0.294. The lowest BCUT2D eigenvalue weighted by Crippen LogP contribution is -2.28. The van der Waals surface area contributed by atoms with E-state index in [9.17, 15) is 9.18 Å². The van der Waals surface area contributed by atoms with Gasteiger partial charge in [0.05, 0.1) is 18.2 Å². The van der Waals surface area contributed by atoms with E-state index in [2.05, 4.69) is 10.3 Å². The van der Waals surface area contributed by atoms with Crippen molar-refractivity contribution in [3.63, 3.8) is 0 Å². The highest BCUT2D eigenvalue weighted by Gasteiger charge is 2.13. The van der Waals surface area contributed by atoms with Gasteiger partial charge in [-0.1, -0.05) is 6.07 Å². The maximum atomic E-state index is 14.1. The second kappa shape index (κ2) is 12.4. The molecule has 0 saturated heterocycles. The van der Waals surface area contributed by atoms with Crippen molar-refractivity contribution in [3.05, 3.63) is 54.1 Å². The zero-order chi connectivity index (χ0) is 17.4. The number of hydrogen-bond donors (Lipinski definition) is 2. The molecule has 1 unspecified atom stereocenters. The van der Waals surface area contributed by atoms with Gasteiger partial charge in [0.2, 0.25) is 5.91 Å². The maximum absolute atomic E-state index is 14.1. The van der Waals surface area contributed by atoms with E-state index in [1.165, 1.54) is 19.2 Å². The Balaban J connectivity index is 0.00000312. The second-order valence-electron chi connectivity index (χ2n) is 5.10. The van der Waals surface area contributed by atoms with Crippen molar-refractivity contribution < 1.29 is 18.7 Å². The molecule has 0 radical (unpaired) electrons. The molecule has 0 aliphatic carbocycles. The molecule has 2 rings (SSSR count). The van der Waals surface area contributed by atoms with Gasteiger partial charge in [0.1, 0.15) is 6.61 Å². The van der Waals surface area contributed by atoms with Gasteiger partial charge in [-0.15, -0.1) is 24.8 Å². The second-order valence-corrected chi connectivity index (χ2v) is 5.10. The number of halogens is 3. The van der Waals surface area contributed by atoms with E-state index >= 15 is 0 Å². The number of nitrogens with two attached hydrogens (primary N) is 1. The number of rotatable bonds is 8. The number of ether oxygens (including phenoxy) is 2. The number of anilines is 1. The summed E-state index contributed by atoms with van der Waals surface area (Å²) in [4.78, 5) is 15.9. The number of nitrogens with one attached hydrogen (secondary N) is 1. The van der Waals surface area contributed by atoms with Crippen LogP contribution in [-0.4, -0.2) is 30.6 Å². The molecule has 26 heavy (non-hydrogen) atoms. The van der Waals surface area contributed by atoms with Crippen LogP contribution < -0.4 is 15.8 Å². The van der Waals surface area contributed by atoms with Gasteiger partial charge in [-0.05, 0) is 24.3 Å². The molecule has 3 N–H and O–H groups in total. The summed E-state index contributed by atoms with van der Waals surface area (Å²) in [6.45, 7) is 0.397. The molecule has 2 aromatic rings. The molecule has 0 spiro atoms. The Labute approximate surface area is 164 Å². The fourth-order valence-electron chi connectivity index (χ4n) is 2.01. The number of carbonyl (C=O) groups is 1. The minimum Gasteiger partial charge on any atom is -0.484 e. The molecule has 6 nitrogen and oxygen atoms in total. The standard InChI is InChI=1S/C17H20FN3O3.2ClH/c1-23-14(10-19)9-17(22)21-12-5-6-16(15(18)8-12)24-11-13-4-2-3-7-20-13;;/h2-8,14H,9-11,19H2,1H3,(H,21,22);2*1H. The largest absolute Gasteiger partial charge is 0.484 e. The third-order valence-electron chi connectivity index (χ3n) is 3.33. The molecule has 144 valence electrons. The van der Waals surface area contributed by atoms with Crippen LogP contribution in [-0.2, 0) is 16.1 Å². The Hall–Kier alpha value is -1.93. The smallest absolute Gasteiger partial charge is 0.227 e. The van der Waals surface area contributed by atoms with Crippen LogP contribution in [0, 0.1) is 5.82 Å². The lowest BCUT2D eigenvalue weighted by molar-refractivity contribution is -0.118. The summed E-state index contributed by atoms with van der Waals surface area (Å²) < 4.78 is 24.5. The SMILES string of the molecule is COC(CN)CC(=O)Nc1ccc(OCc2ccccn2)c(F)c1.Cl.Cl. The number of carbonyl (C=O) groups excluding carboxylic acids is 1. The van der Waals surface area contributed by atoms with Gasteiger partial charge in [0, 0.05) is 31.6 Å². The van der Waals surface area contributed by atoms with E-state index < -0.39 is 5.82 Å². The summed E-state index contributed by atoms with van der Waals surface area (Å²) in [7, 11) is 1.48. The Morgan fingerprint density at radius 3 is 2.65 bits per heavy atom. The molecular formula is C17H22Cl2FN3O3. The summed E-state index contributed by atoms with van der Waals surface area (Å²) in [5, 5.41) is 2.60. The van der Waals surface area contributed by atoms with Crippen LogP contribution in [0.5, 0.6) is 5.75 Å². The topological polar surface area (TPSA) is 86.5 Å². The van der Waals surface area contributed by atoms with Crippen molar-refractivity contribution in [1.82, 2.24) is 4.98 Å². The van der Waals surface area contributed by atoms with E-state index in [-0.39, 0.29) is 62.1 Å². The van der Waals surface area contributed by atoms with Gasteiger partial charge in [-0.25, -0.2) is 4.39 Å². The third kappa shape index (κ3) is 7.53. The van der Waals surface area contributed by atoms with Crippen molar-refractivity contribution in [2.45, 2.75) is 19.1 Å². The molecule has 0 saturated carbocycles. The molecule has 1 aromatic carbocycles. The van der Waals surface area contributed by atoms with Crippen molar-refractivity contribution in [2.75, 3.05) is 19.0 Å². The first kappa shape index (κ1) is 24.1. The number of methoxy groups -OCH3 is 1. The normalized spacial score (nSPS) is 10.9. The Bertz CT molecular complexity index is 674. The predicted octanol–water partition coefficient (Wildman–Crippen LogP) is 2.95. The van der Waals surface area contributed by atoms with Gasteiger partial charge < -0.3 is 20.5 Å². The summed E-state index contributed by atoms with van der Waals surface area (Å²) in [6, 6.07) is 9.64. The van der Waals surface area contributed by atoms with Crippen molar-refractivity contribution in [1.29, 1.82) is 0 Å². The van der Waals surface area contributed by atoms with E-state index in [1.54, 1.807) is 24.4 Å². The van der Waals surface area contributed by atoms with Crippen LogP contribution in [0.3, 0.4) is 0 Å². The number of benzene rings is 1. The Morgan fingerprint density at radius 2 is 2.08 bits per heavy atom. The molecule has 1 aromatic heterocycles. The van der Waals surface area contributed by atoms with Crippen LogP contribution in [0.15, 0.2) is 42.6 Å². The average Bonchev–Trinajstić information content (AvgIpc) is 2.60. The lowest BCUT2D eigenvalue weighted by atomic mass is 10.2. The molecule has 0 aliphatic rings. The highest BCUT2D eigenvalue weighted by atomic mass is 35.5. The molecule has 1 amide bonds. The van der Waals surface area contributed by atoms with Crippen LogP contribution in [0.2, 0.25) is 0 Å². The van der Waals surface area contributed by atoms with Crippen LogP contribution in [0.4, 0.5) is 10.1 Å². The van der Waals surface area contributed by atoms with Crippen LogP contribution in [0.25, 0.3) is 0 Å². The minimum atomic E-state index is -0.564. The monoisotopic (exact) mass is 405 g/mol. The highest BCUT2D eigenvalue weighted by Crippen LogP contribution is 2.22. The highest BCUT2D eigenvalue weighted by molar-refractivity contribution is 5.91. The van der Waals surface area contributed by atoms with Crippen molar-refractivity contribution >= 4 is 36.4 Å². The maximum Gasteiger partial charge on any atom is 0.227 e. The number of aromatic nitrogens is 1. The van der Waals surface area contributed by atoms with Crippen LogP contribution >= 0.6 is 24.8 Å². The molecule has 1 heterocycles. The molecular weight excluding hydrogens is 384 g/mol. The summed E-state index contributed by atoms with van der Waals surface area (Å²) in [5.74, 6) is -0.768. The molecule has 0 fully saturated rings. The first-order valence-electron chi connectivity index (χ1n) is 7.47. The number of amides is 1. The fourth-order valence-corrected chi connectivity index (χ4v) is 2.01. The van der Waals surface area contributed by atoms with E-state index in [0.717, 1.165) is 0 Å². The van der Waals surface area contributed by atoms with E-state index in [4.69, 9.17) is 15.2 Å². The van der Waals surface area contributed by atoms with E-state index in [0.29, 0.717) is 11.4 Å². The summed E-state index contributed by atoms with van der Waals surface area (Å²) in [5.41, 5.74) is 6.50. The number of nitrogens with zero attached hydrogens (tertiary/aromatic N) is 1. The van der Waals surface area contributed by atoms with Gasteiger partial charge in [0.15, 0.2) is 11.6 Å². The first-order valence-corrected chi connectivity index (χ1v) is 7.47. The van der Waals surface area contributed by atoms with Gasteiger partial charge in [-0.2, -0.15) is 0 Å². The molecule has 1 atom stereocenters. The zero-order valence-corrected chi connectivity index (χ0v) is 15.8. The van der Waals surface area contributed by atoms with Crippen LogP contribution in [0.1, 0.15) is 12.1 Å². The minimum absolute atomic E-state index is 0. The van der Waals surface area contributed by atoms with Crippen molar-refractivity contribution in [2.24, 2.45) is 5.73 Å². The van der Waals surface area contributed by atoms with Gasteiger partial charge >= 0.3 is 0 Å². The molecule has 0 bridgehead atoms. The zero-order valence-electron chi connectivity index (χ0n) is 14.2. The Kier molecular flexibility index (Phi) is 11.5.